The molecule has 0 spiro atoms. The largest absolute Gasteiger partial charge is 0.323 e. The van der Waals surface area contributed by atoms with Crippen LogP contribution in [0.25, 0.3) is 9.88 Å². The Labute approximate surface area is 91.4 Å². The molecule has 0 aliphatic rings. The van der Waals surface area contributed by atoms with Crippen LogP contribution in [0.15, 0.2) is 16.8 Å². The maximum atomic E-state index is 5.77. The third-order valence-corrected chi connectivity index (χ3v) is 4.08. The van der Waals surface area contributed by atoms with Gasteiger partial charge in [-0.25, -0.2) is 4.98 Å². The first kappa shape index (κ1) is 9.83. The number of aromatic nitrogens is 1. The molecule has 0 aliphatic heterocycles. The summed E-state index contributed by atoms with van der Waals surface area (Å²) in [5.41, 5.74) is 8.04. The van der Waals surface area contributed by atoms with Crippen LogP contribution in [0.5, 0.6) is 0 Å². The lowest BCUT2D eigenvalue weighted by Crippen LogP contribution is -2.04. The molecule has 1 unspecified atom stereocenters. The van der Waals surface area contributed by atoms with Crippen molar-refractivity contribution in [1.82, 2.24) is 4.98 Å². The number of rotatable bonds is 2. The summed E-state index contributed by atoms with van der Waals surface area (Å²) < 4.78 is 0. The summed E-state index contributed by atoms with van der Waals surface area (Å²) >= 11 is 3.40. The molecule has 2 N–H and O–H groups in total. The van der Waals surface area contributed by atoms with Crippen LogP contribution in [-0.4, -0.2) is 4.98 Å². The van der Waals surface area contributed by atoms with Gasteiger partial charge in [-0.2, -0.15) is 0 Å². The van der Waals surface area contributed by atoms with E-state index in [1.54, 1.807) is 22.7 Å². The maximum Gasteiger partial charge on any atom is 0.133 e. The van der Waals surface area contributed by atoms with Crippen LogP contribution in [0.2, 0.25) is 0 Å². The summed E-state index contributed by atoms with van der Waals surface area (Å²) in [4.78, 5) is 5.78. The first-order chi connectivity index (χ1) is 6.68. The molecule has 0 saturated carbocycles. The molecule has 2 heterocycles. The Morgan fingerprint density at radius 1 is 1.43 bits per heavy atom. The Morgan fingerprint density at radius 2 is 2.21 bits per heavy atom. The van der Waals surface area contributed by atoms with Gasteiger partial charge in [0.05, 0.1) is 10.6 Å². The summed E-state index contributed by atoms with van der Waals surface area (Å²) in [6, 6.07) is 2.15. The molecule has 0 aromatic carbocycles. The highest BCUT2D eigenvalue weighted by molar-refractivity contribution is 7.20. The molecular weight excluding hydrogens is 212 g/mol. The fraction of sp³-hybridized carbons (Fsp3) is 0.300. The quantitative estimate of drug-likeness (QED) is 0.850. The molecule has 74 valence electrons. The number of nitrogens with two attached hydrogens (primary N) is 1. The normalized spacial score (nSPS) is 13.1. The first-order valence-electron chi connectivity index (χ1n) is 4.44. The van der Waals surface area contributed by atoms with Crippen LogP contribution in [0.1, 0.15) is 24.2 Å². The van der Waals surface area contributed by atoms with Crippen molar-refractivity contribution in [2.75, 3.05) is 0 Å². The fourth-order valence-corrected chi connectivity index (χ4v) is 3.21. The van der Waals surface area contributed by atoms with Crippen LogP contribution in [0.3, 0.4) is 0 Å². The average Bonchev–Trinajstić information content (AvgIpc) is 2.71. The zero-order chi connectivity index (χ0) is 10.1. The highest BCUT2D eigenvalue weighted by Gasteiger charge is 2.10. The SMILES string of the molecule is Cc1ccsc1-c1nc(C(C)N)cs1. The number of hydrogen-bond acceptors (Lipinski definition) is 4. The second kappa shape index (κ2) is 3.81. The van der Waals surface area contributed by atoms with Crippen LogP contribution in [0, 0.1) is 6.92 Å². The monoisotopic (exact) mass is 224 g/mol. The van der Waals surface area contributed by atoms with Gasteiger partial charge in [0.2, 0.25) is 0 Å². The van der Waals surface area contributed by atoms with E-state index < -0.39 is 0 Å². The van der Waals surface area contributed by atoms with E-state index >= 15 is 0 Å². The van der Waals surface area contributed by atoms with E-state index in [1.165, 1.54) is 10.4 Å². The highest BCUT2D eigenvalue weighted by Crippen LogP contribution is 2.32. The molecule has 0 saturated heterocycles. The molecule has 0 bridgehead atoms. The number of aryl methyl sites for hydroxylation is 1. The molecule has 2 aromatic rings. The molecule has 14 heavy (non-hydrogen) atoms. The van der Waals surface area contributed by atoms with E-state index in [-0.39, 0.29) is 6.04 Å². The molecule has 4 heteroatoms. The lowest BCUT2D eigenvalue weighted by atomic mass is 10.3. The van der Waals surface area contributed by atoms with E-state index in [2.05, 4.69) is 23.4 Å². The lowest BCUT2D eigenvalue weighted by molar-refractivity contribution is 0.790. The van der Waals surface area contributed by atoms with Gasteiger partial charge < -0.3 is 5.73 Å². The van der Waals surface area contributed by atoms with Gasteiger partial charge in [0, 0.05) is 11.4 Å². The van der Waals surface area contributed by atoms with Gasteiger partial charge in [-0.05, 0) is 30.9 Å². The van der Waals surface area contributed by atoms with Crippen molar-refractivity contribution in [2.24, 2.45) is 5.73 Å². The minimum absolute atomic E-state index is 0.0280. The van der Waals surface area contributed by atoms with Crippen LogP contribution >= 0.6 is 22.7 Å². The Bertz CT molecular complexity index is 429. The van der Waals surface area contributed by atoms with Crippen molar-refractivity contribution in [3.05, 3.63) is 28.1 Å². The van der Waals surface area contributed by atoms with Crippen LogP contribution in [0.4, 0.5) is 0 Å². The van der Waals surface area contributed by atoms with Gasteiger partial charge in [0.15, 0.2) is 0 Å². The lowest BCUT2D eigenvalue weighted by Gasteiger charge is -1.97. The number of hydrogen-bond donors (Lipinski definition) is 1. The summed E-state index contributed by atoms with van der Waals surface area (Å²) in [6.07, 6.45) is 0. The predicted molar refractivity (Wildman–Crippen MR) is 62.8 cm³/mol. The van der Waals surface area contributed by atoms with Gasteiger partial charge in [-0.15, -0.1) is 22.7 Å². The standard InChI is InChI=1S/C10H12N2S2/c1-6-3-4-13-9(6)10-12-8(5-14-10)7(2)11/h3-5,7H,11H2,1-2H3. The van der Waals surface area contributed by atoms with Crippen molar-refractivity contribution < 1.29 is 0 Å². The van der Waals surface area contributed by atoms with Gasteiger partial charge in [-0.1, -0.05) is 0 Å². The van der Waals surface area contributed by atoms with E-state index in [0.29, 0.717) is 0 Å². The molecule has 2 aromatic heterocycles. The topological polar surface area (TPSA) is 38.9 Å². The van der Waals surface area contributed by atoms with Crippen LogP contribution in [-0.2, 0) is 0 Å². The van der Waals surface area contributed by atoms with Crippen molar-refractivity contribution in [1.29, 1.82) is 0 Å². The smallest absolute Gasteiger partial charge is 0.133 e. The van der Waals surface area contributed by atoms with E-state index in [4.69, 9.17) is 5.73 Å². The third-order valence-electron chi connectivity index (χ3n) is 2.04. The van der Waals surface area contributed by atoms with Crippen molar-refractivity contribution >= 4 is 22.7 Å². The maximum absolute atomic E-state index is 5.77. The zero-order valence-corrected chi connectivity index (χ0v) is 9.78. The summed E-state index contributed by atoms with van der Waals surface area (Å²) in [5, 5.41) is 5.22. The molecule has 2 nitrogen and oxygen atoms in total. The Hall–Kier alpha value is -0.710. The summed E-state index contributed by atoms with van der Waals surface area (Å²) in [7, 11) is 0. The minimum Gasteiger partial charge on any atom is -0.323 e. The van der Waals surface area contributed by atoms with E-state index in [1.807, 2.05) is 12.3 Å². The highest BCUT2D eigenvalue weighted by atomic mass is 32.1. The van der Waals surface area contributed by atoms with Gasteiger partial charge in [0.1, 0.15) is 5.01 Å². The summed E-state index contributed by atoms with van der Waals surface area (Å²) in [5.74, 6) is 0. The Balaban J connectivity index is 2.39. The second-order valence-electron chi connectivity index (χ2n) is 3.30. The fourth-order valence-electron chi connectivity index (χ4n) is 1.19. The van der Waals surface area contributed by atoms with E-state index in [9.17, 15) is 0 Å². The van der Waals surface area contributed by atoms with Gasteiger partial charge in [0.25, 0.3) is 0 Å². The molecular formula is C10H12N2S2. The third kappa shape index (κ3) is 1.73. The average molecular weight is 224 g/mol. The molecule has 0 amide bonds. The second-order valence-corrected chi connectivity index (χ2v) is 5.07. The minimum atomic E-state index is 0.0280. The van der Waals surface area contributed by atoms with Crippen molar-refractivity contribution in [3.8, 4) is 9.88 Å². The Kier molecular flexibility index (Phi) is 2.67. The molecule has 0 radical (unpaired) electrons. The summed E-state index contributed by atoms with van der Waals surface area (Å²) in [6.45, 7) is 4.07. The molecule has 0 aliphatic carbocycles. The number of thiophene rings is 1. The Morgan fingerprint density at radius 3 is 2.71 bits per heavy atom. The predicted octanol–water partition coefficient (Wildman–Crippen LogP) is 3.20. The molecule has 1 atom stereocenters. The van der Waals surface area contributed by atoms with E-state index in [0.717, 1.165) is 10.7 Å². The van der Waals surface area contributed by atoms with Crippen LogP contribution < -0.4 is 5.73 Å². The van der Waals surface area contributed by atoms with Gasteiger partial charge >= 0.3 is 0 Å². The molecule has 2 rings (SSSR count). The number of nitrogens with zero attached hydrogens (tertiary/aromatic N) is 1. The van der Waals surface area contributed by atoms with Crippen molar-refractivity contribution in [2.45, 2.75) is 19.9 Å². The zero-order valence-electron chi connectivity index (χ0n) is 8.15. The first-order valence-corrected chi connectivity index (χ1v) is 6.20. The number of thiazole rings is 1. The molecule has 0 fully saturated rings. The van der Waals surface area contributed by atoms with Gasteiger partial charge in [-0.3, -0.25) is 0 Å². The van der Waals surface area contributed by atoms with Crippen molar-refractivity contribution in [3.63, 3.8) is 0 Å².